The van der Waals surface area contributed by atoms with E-state index in [1.165, 1.54) is 6.92 Å². The number of hydrogen-bond acceptors (Lipinski definition) is 26. The van der Waals surface area contributed by atoms with Gasteiger partial charge in [-0.05, 0) is 100 Å². The van der Waals surface area contributed by atoms with E-state index in [1.807, 2.05) is 20.8 Å². The summed E-state index contributed by atoms with van der Waals surface area (Å²) < 4.78 is 75.5. The minimum absolute atomic E-state index is 0.110. The van der Waals surface area contributed by atoms with Crippen molar-refractivity contribution in [1.82, 2.24) is 0 Å². The van der Waals surface area contributed by atoms with Crippen molar-refractivity contribution in [2.45, 2.75) is 272 Å². The molecule has 0 aromatic carbocycles. The van der Waals surface area contributed by atoms with Gasteiger partial charge in [-0.3, -0.25) is 0 Å². The predicted octanol–water partition coefficient (Wildman–Crippen LogP) is -2.72. The van der Waals surface area contributed by atoms with Crippen molar-refractivity contribution >= 4 is 0 Å². The summed E-state index contributed by atoms with van der Waals surface area (Å²) in [7, 11) is 0. The molecule has 4 aliphatic carbocycles. The van der Waals surface area contributed by atoms with E-state index < -0.39 is 191 Å². The topological polar surface area (TPSA) is 394 Å². The van der Waals surface area contributed by atoms with Crippen LogP contribution < -0.4 is 0 Å². The molecule has 2 bridgehead atoms. The fourth-order valence-electron chi connectivity index (χ4n) is 18.3. The Hall–Kier alpha value is -1.30. The largest absolute Gasteiger partial charge is 0.394 e. The lowest BCUT2D eigenvalue weighted by molar-refractivity contribution is -0.401. The maximum Gasteiger partial charge on any atom is 0.187 e. The van der Waals surface area contributed by atoms with Gasteiger partial charge in [0.05, 0.1) is 56.9 Å². The average molecular weight is 1210 g/mol. The number of aliphatic hydroxyl groups excluding tert-OH is 13. The molecule has 1 unspecified atom stereocenters. The van der Waals surface area contributed by atoms with E-state index in [0.717, 1.165) is 44.1 Å². The smallest absolute Gasteiger partial charge is 0.187 e. The van der Waals surface area contributed by atoms with Gasteiger partial charge in [0, 0.05) is 24.2 Å². The Morgan fingerprint density at radius 2 is 1.21 bits per heavy atom. The zero-order valence-corrected chi connectivity index (χ0v) is 49.2. The third-order valence-electron chi connectivity index (χ3n) is 22.5. The number of ether oxygens (including phenoxy) is 12. The van der Waals surface area contributed by atoms with Gasteiger partial charge in [0.1, 0.15) is 104 Å². The second kappa shape index (κ2) is 23.4. The molecule has 84 heavy (non-hydrogen) atoms. The van der Waals surface area contributed by atoms with E-state index in [-0.39, 0.29) is 46.0 Å². The zero-order valence-electron chi connectivity index (χ0n) is 49.2. The number of aliphatic hydroxyl groups is 14. The van der Waals surface area contributed by atoms with Crippen LogP contribution >= 0.6 is 0 Å². The molecule has 26 heteroatoms. The quantitative estimate of drug-likeness (QED) is 0.0658. The molecule has 2 spiro atoms. The molecule has 11 rings (SSSR count). The molecule has 7 heterocycles. The first kappa shape index (κ1) is 64.2. The van der Waals surface area contributed by atoms with E-state index in [4.69, 9.17) is 56.8 Å². The molecule has 0 amide bonds. The third-order valence-corrected chi connectivity index (χ3v) is 22.5. The van der Waals surface area contributed by atoms with E-state index in [2.05, 4.69) is 33.8 Å². The van der Waals surface area contributed by atoms with E-state index in [0.29, 0.717) is 19.4 Å². The van der Waals surface area contributed by atoms with Gasteiger partial charge in [-0.15, -0.1) is 0 Å². The average Bonchev–Trinajstić information content (AvgIpc) is 1.44. The summed E-state index contributed by atoms with van der Waals surface area (Å²) in [6.07, 6.45) is -31.8. The van der Waals surface area contributed by atoms with Crippen LogP contribution in [-0.4, -0.2) is 269 Å². The summed E-state index contributed by atoms with van der Waals surface area (Å²) in [5.74, 6) is -0.440. The standard InChI is InChI=1S/C58H94O26/c1-23(2)15-25-16-56(8,72)47-26-9-10-32-54(6)13-12-33(53(4,5)31(54)11-14-55(32,7)57(26)21-58(47,84-25)76-22-57)80-51-46(83-50-43(71)38(66)34(62)24(3)77-50)44(28(61)19-74-51)81-52-45(82-49-41(69)35(63)27(60)18-73-49)40(68)37(65)30(79-52)20-75-48-42(70)39(67)36(64)29(17-59)78-48/h15,24-52,59-72H,9-14,16-22H2,1-8H3/t24-,25+,26-,27-,28+,29-,30-,31+,32-,33+,34+,35+,36-,37-,38+,39+,40+,41-,42-,43-,44+,45-,46-,47+,48-,49+,50-,51+,52+,54+,55-,56+,57?,58+/m1/s1. The summed E-state index contributed by atoms with van der Waals surface area (Å²) in [5.41, 5.74) is -0.980. The van der Waals surface area contributed by atoms with E-state index >= 15 is 0 Å². The molecule has 0 radical (unpaired) electrons. The monoisotopic (exact) mass is 1210 g/mol. The van der Waals surface area contributed by atoms with Gasteiger partial charge in [0.2, 0.25) is 0 Å². The molecular weight excluding hydrogens is 1110 g/mol. The molecule has 26 nitrogen and oxygen atoms in total. The summed E-state index contributed by atoms with van der Waals surface area (Å²) in [4.78, 5) is 0. The van der Waals surface area contributed by atoms with Crippen molar-refractivity contribution in [3.63, 3.8) is 0 Å². The summed E-state index contributed by atoms with van der Waals surface area (Å²) in [5, 5.41) is 154. The molecular formula is C58H94O26. The van der Waals surface area contributed by atoms with Crippen molar-refractivity contribution in [3.8, 4) is 0 Å². The predicted molar refractivity (Wildman–Crippen MR) is 283 cm³/mol. The van der Waals surface area contributed by atoms with Crippen LogP contribution in [0, 0.1) is 45.3 Å². The Labute approximate surface area is 488 Å². The molecule has 0 aromatic heterocycles. The van der Waals surface area contributed by atoms with E-state index in [9.17, 15) is 71.5 Å². The van der Waals surface area contributed by atoms with Crippen molar-refractivity contribution in [2.24, 2.45) is 45.3 Å². The van der Waals surface area contributed by atoms with Gasteiger partial charge >= 0.3 is 0 Å². The fraction of sp³-hybridized carbons (Fsp3) is 0.966. The molecule has 7 saturated heterocycles. The van der Waals surface area contributed by atoms with Crippen molar-refractivity contribution in [1.29, 1.82) is 0 Å². The number of allylic oxidation sites excluding steroid dienone is 1. The van der Waals surface area contributed by atoms with Crippen LogP contribution in [0.4, 0.5) is 0 Å². The number of fused-ring (bicyclic) bond motifs is 4. The molecule has 34 atom stereocenters. The molecule has 0 aromatic rings. The molecule has 482 valence electrons. The minimum atomic E-state index is -2.04. The van der Waals surface area contributed by atoms with Crippen LogP contribution in [0.1, 0.15) is 107 Å². The van der Waals surface area contributed by atoms with Crippen LogP contribution in [0.25, 0.3) is 0 Å². The van der Waals surface area contributed by atoms with Crippen LogP contribution in [-0.2, 0) is 56.8 Å². The van der Waals surface area contributed by atoms with Crippen LogP contribution in [0.5, 0.6) is 0 Å². The Morgan fingerprint density at radius 1 is 0.583 bits per heavy atom. The molecule has 14 N–H and O–H groups in total. The normalized spacial score (nSPS) is 57.1. The third kappa shape index (κ3) is 10.5. The number of hydrogen-bond donors (Lipinski definition) is 14. The highest BCUT2D eigenvalue weighted by Gasteiger charge is 2.81. The SMILES string of the molecule is CC(C)=C[C@H]1C[C@](C)(O)[C@@H]2[C@H]3CC[C@@H]4[C@@]5(C)CC[C@H](O[C@@H]6OC[C@H](O)[C@H](O[C@@H]7O[C@H](CO[C@@H]8O[C@H](CO)[C@@H](O)[C@H](O)[C@H]8O)[C@@H](O)[C@H](O)[C@H]7O[C@@H]7OC[C@@H](O)[C@H](O)[C@H]7O)[C@H]6O[C@H]6O[C@H](C)[C@H](O)[C@H](O)[C@H]6O)C(C)(C)[C@@H]5CC[C@@]4(C)C34CO[C@@]2(C4)O1. The second-order valence-corrected chi connectivity index (χ2v) is 28.2. The first-order chi connectivity index (χ1) is 39.4. The van der Waals surface area contributed by atoms with Gasteiger partial charge in [0.15, 0.2) is 37.2 Å². The van der Waals surface area contributed by atoms with E-state index in [1.54, 1.807) is 0 Å². The molecule has 11 aliphatic rings. The summed E-state index contributed by atoms with van der Waals surface area (Å²) >= 11 is 0. The van der Waals surface area contributed by atoms with Crippen molar-refractivity contribution in [2.75, 3.05) is 33.0 Å². The first-order valence-corrected chi connectivity index (χ1v) is 30.3. The Morgan fingerprint density at radius 3 is 1.93 bits per heavy atom. The minimum Gasteiger partial charge on any atom is -0.394 e. The molecule has 4 saturated carbocycles. The Bertz CT molecular complexity index is 2330. The number of rotatable bonds is 13. The van der Waals surface area contributed by atoms with Crippen molar-refractivity contribution in [3.05, 3.63) is 11.6 Å². The fourth-order valence-corrected chi connectivity index (χ4v) is 18.3. The van der Waals surface area contributed by atoms with Gasteiger partial charge in [0.25, 0.3) is 0 Å². The van der Waals surface area contributed by atoms with Crippen LogP contribution in [0.3, 0.4) is 0 Å². The lowest BCUT2D eigenvalue weighted by Gasteiger charge is -2.70. The lowest BCUT2D eigenvalue weighted by Crippen LogP contribution is -2.68. The summed E-state index contributed by atoms with van der Waals surface area (Å²) in [6, 6.07) is 0. The zero-order chi connectivity index (χ0) is 60.7. The Kier molecular flexibility index (Phi) is 17.9. The highest BCUT2D eigenvalue weighted by atomic mass is 16.8. The molecule has 11 fully saturated rings. The highest BCUT2D eigenvalue weighted by molar-refractivity contribution is 5.27. The maximum atomic E-state index is 12.3. The highest BCUT2D eigenvalue weighted by Crippen LogP contribution is 2.80. The van der Waals surface area contributed by atoms with Gasteiger partial charge < -0.3 is 128 Å². The van der Waals surface area contributed by atoms with Crippen LogP contribution in [0.2, 0.25) is 0 Å². The van der Waals surface area contributed by atoms with Crippen LogP contribution in [0.15, 0.2) is 11.6 Å². The summed E-state index contributed by atoms with van der Waals surface area (Å²) in [6.45, 7) is 14.8. The lowest BCUT2D eigenvalue weighted by atomic mass is 9.35. The Balaban J connectivity index is 0.870. The second-order valence-electron chi connectivity index (χ2n) is 28.2. The van der Waals surface area contributed by atoms with Gasteiger partial charge in [-0.25, -0.2) is 0 Å². The maximum absolute atomic E-state index is 12.3. The molecule has 7 aliphatic heterocycles. The van der Waals surface area contributed by atoms with Crippen molar-refractivity contribution < 1.29 is 128 Å². The first-order valence-electron chi connectivity index (χ1n) is 30.3. The van der Waals surface area contributed by atoms with Gasteiger partial charge in [-0.2, -0.15) is 0 Å². The van der Waals surface area contributed by atoms with Gasteiger partial charge in [-0.1, -0.05) is 39.3 Å².